The first-order valence-corrected chi connectivity index (χ1v) is 6.72. The summed E-state index contributed by atoms with van der Waals surface area (Å²) in [4.78, 5) is 0. The Hall–Kier alpha value is -0.860. The highest BCUT2D eigenvalue weighted by atomic mass is 16.5. The number of rotatable bonds is 6. The molecular weight excluding hydrogens is 222 g/mol. The fourth-order valence-corrected chi connectivity index (χ4v) is 1.85. The van der Waals surface area contributed by atoms with Gasteiger partial charge in [0, 0.05) is 5.56 Å². The van der Waals surface area contributed by atoms with E-state index in [2.05, 4.69) is 65.2 Å². The summed E-state index contributed by atoms with van der Waals surface area (Å²) in [5, 5.41) is 0. The van der Waals surface area contributed by atoms with Crippen LogP contribution in [0.15, 0.2) is 30.3 Å². The molecule has 0 atom stereocenters. The van der Waals surface area contributed by atoms with Crippen LogP contribution in [-0.2, 0) is 11.3 Å². The molecule has 1 rings (SSSR count). The summed E-state index contributed by atoms with van der Waals surface area (Å²) in [6.07, 6.45) is 0. The van der Waals surface area contributed by atoms with Crippen molar-refractivity contribution in [3.8, 4) is 0 Å². The second kappa shape index (κ2) is 6.35. The highest BCUT2D eigenvalue weighted by Gasteiger charge is 2.16. The Kier molecular flexibility index (Phi) is 5.36. The predicted molar refractivity (Wildman–Crippen MR) is 77.4 cm³/mol. The molecule has 0 heterocycles. The Balaban J connectivity index is 2.32. The van der Waals surface area contributed by atoms with Gasteiger partial charge in [0.05, 0.1) is 27.3 Å². The fraction of sp³-hybridized carbons (Fsp3) is 0.625. The first kappa shape index (κ1) is 15.2. The molecule has 0 bridgehead atoms. The molecule has 1 aromatic carbocycles. The number of nitrogens with zero attached hydrogens (tertiary/aromatic N) is 1. The van der Waals surface area contributed by atoms with Crippen LogP contribution in [0.4, 0.5) is 0 Å². The van der Waals surface area contributed by atoms with Crippen molar-refractivity contribution in [2.45, 2.75) is 27.3 Å². The lowest BCUT2D eigenvalue weighted by molar-refractivity contribution is -0.904. The van der Waals surface area contributed by atoms with Crippen molar-refractivity contribution in [3.05, 3.63) is 35.9 Å². The van der Waals surface area contributed by atoms with Crippen LogP contribution in [-0.4, -0.2) is 38.3 Å². The summed E-state index contributed by atoms with van der Waals surface area (Å²) in [5.74, 6) is 0. The first-order valence-electron chi connectivity index (χ1n) is 6.72. The van der Waals surface area contributed by atoms with Crippen LogP contribution >= 0.6 is 0 Å². The van der Waals surface area contributed by atoms with Crippen LogP contribution in [0.3, 0.4) is 0 Å². The van der Waals surface area contributed by atoms with E-state index in [-0.39, 0.29) is 5.41 Å². The fourth-order valence-electron chi connectivity index (χ4n) is 1.85. The third-order valence-electron chi connectivity index (χ3n) is 2.83. The molecule has 0 aliphatic rings. The molecule has 2 nitrogen and oxygen atoms in total. The van der Waals surface area contributed by atoms with Gasteiger partial charge in [0.25, 0.3) is 0 Å². The Morgan fingerprint density at radius 1 is 1.06 bits per heavy atom. The van der Waals surface area contributed by atoms with Crippen LogP contribution in [0.25, 0.3) is 0 Å². The van der Waals surface area contributed by atoms with Crippen LogP contribution in [0, 0.1) is 5.41 Å². The van der Waals surface area contributed by atoms with E-state index in [0.717, 1.165) is 30.8 Å². The first-order chi connectivity index (χ1) is 8.29. The zero-order chi connectivity index (χ0) is 13.6. The minimum atomic E-state index is 0.260. The molecule has 0 amide bonds. The van der Waals surface area contributed by atoms with E-state index in [1.54, 1.807) is 0 Å². The van der Waals surface area contributed by atoms with Gasteiger partial charge in [-0.2, -0.15) is 0 Å². The smallest absolute Gasteiger partial charge is 0.104 e. The van der Waals surface area contributed by atoms with Gasteiger partial charge in [-0.1, -0.05) is 51.1 Å². The molecule has 0 fully saturated rings. The Bertz CT molecular complexity index is 338. The maximum atomic E-state index is 5.76. The van der Waals surface area contributed by atoms with Crippen molar-refractivity contribution in [2.75, 3.05) is 33.9 Å². The number of hydrogen-bond donors (Lipinski definition) is 0. The van der Waals surface area contributed by atoms with Crippen LogP contribution in [0.5, 0.6) is 0 Å². The average molecular weight is 250 g/mol. The van der Waals surface area contributed by atoms with Crippen LogP contribution in [0.1, 0.15) is 26.3 Å². The molecule has 102 valence electrons. The van der Waals surface area contributed by atoms with Crippen molar-refractivity contribution in [1.29, 1.82) is 0 Å². The van der Waals surface area contributed by atoms with Crippen molar-refractivity contribution >= 4 is 0 Å². The maximum Gasteiger partial charge on any atom is 0.104 e. The Morgan fingerprint density at radius 3 is 2.22 bits per heavy atom. The molecule has 0 aliphatic carbocycles. The molecule has 0 unspecified atom stereocenters. The summed E-state index contributed by atoms with van der Waals surface area (Å²) in [6.45, 7) is 10.4. The number of benzene rings is 1. The van der Waals surface area contributed by atoms with Crippen molar-refractivity contribution in [3.63, 3.8) is 0 Å². The highest BCUT2D eigenvalue weighted by Crippen LogP contribution is 2.13. The molecule has 18 heavy (non-hydrogen) atoms. The summed E-state index contributed by atoms with van der Waals surface area (Å²) in [5.41, 5.74) is 1.65. The third-order valence-corrected chi connectivity index (χ3v) is 2.83. The molecule has 0 aromatic heterocycles. The SMILES string of the molecule is CC(C)(C)COCC[N+](C)(C)Cc1ccccc1. The van der Waals surface area contributed by atoms with Gasteiger partial charge in [-0.15, -0.1) is 0 Å². The van der Waals surface area contributed by atoms with Crippen molar-refractivity contribution < 1.29 is 9.22 Å². The lowest BCUT2D eigenvalue weighted by Gasteiger charge is -2.30. The summed E-state index contributed by atoms with van der Waals surface area (Å²) < 4.78 is 6.72. The third kappa shape index (κ3) is 6.77. The van der Waals surface area contributed by atoms with E-state index < -0.39 is 0 Å². The molecule has 0 radical (unpaired) electrons. The van der Waals surface area contributed by atoms with Crippen LogP contribution in [0.2, 0.25) is 0 Å². The molecule has 1 aromatic rings. The van der Waals surface area contributed by atoms with E-state index in [9.17, 15) is 0 Å². The topological polar surface area (TPSA) is 9.23 Å². The van der Waals surface area contributed by atoms with Gasteiger partial charge >= 0.3 is 0 Å². The number of quaternary nitrogens is 1. The monoisotopic (exact) mass is 250 g/mol. The molecule has 0 N–H and O–H groups in total. The number of hydrogen-bond acceptors (Lipinski definition) is 1. The molecule has 2 heteroatoms. The second-order valence-electron chi connectivity index (χ2n) is 6.92. The van der Waals surface area contributed by atoms with Gasteiger partial charge in [-0.25, -0.2) is 0 Å². The number of likely N-dealkylation sites (N-methyl/N-ethyl adjacent to an activating group) is 1. The predicted octanol–water partition coefficient (Wildman–Crippen LogP) is 3.33. The van der Waals surface area contributed by atoms with Gasteiger partial charge in [-0.3, -0.25) is 0 Å². The minimum Gasteiger partial charge on any atom is -0.375 e. The molecule has 0 aliphatic heterocycles. The highest BCUT2D eigenvalue weighted by molar-refractivity contribution is 5.13. The van der Waals surface area contributed by atoms with Crippen LogP contribution < -0.4 is 0 Å². The van der Waals surface area contributed by atoms with E-state index in [1.807, 2.05) is 0 Å². The minimum absolute atomic E-state index is 0.260. The van der Waals surface area contributed by atoms with E-state index in [1.165, 1.54) is 5.56 Å². The van der Waals surface area contributed by atoms with Gasteiger partial charge in [0.15, 0.2) is 0 Å². The average Bonchev–Trinajstić information content (AvgIpc) is 2.24. The standard InChI is InChI=1S/C16H28NO/c1-16(2,3)14-18-12-11-17(4,5)13-15-9-7-6-8-10-15/h6-10H,11-14H2,1-5H3/q+1. The summed E-state index contributed by atoms with van der Waals surface area (Å²) in [6, 6.07) is 10.7. The largest absolute Gasteiger partial charge is 0.375 e. The zero-order valence-corrected chi connectivity index (χ0v) is 12.6. The van der Waals surface area contributed by atoms with Gasteiger partial charge in [0.1, 0.15) is 13.1 Å². The van der Waals surface area contributed by atoms with Gasteiger partial charge in [0.2, 0.25) is 0 Å². The van der Waals surface area contributed by atoms with E-state index >= 15 is 0 Å². The molecule has 0 saturated heterocycles. The number of ether oxygens (including phenoxy) is 1. The molecule has 0 saturated carbocycles. The van der Waals surface area contributed by atoms with E-state index in [0.29, 0.717) is 0 Å². The van der Waals surface area contributed by atoms with Crippen molar-refractivity contribution in [2.24, 2.45) is 5.41 Å². The normalized spacial score (nSPS) is 12.7. The van der Waals surface area contributed by atoms with Gasteiger partial charge < -0.3 is 9.22 Å². The molecule has 0 spiro atoms. The summed E-state index contributed by atoms with van der Waals surface area (Å²) in [7, 11) is 4.51. The van der Waals surface area contributed by atoms with Crippen molar-refractivity contribution in [1.82, 2.24) is 0 Å². The summed E-state index contributed by atoms with van der Waals surface area (Å²) >= 11 is 0. The molecular formula is C16H28NO+. The van der Waals surface area contributed by atoms with E-state index in [4.69, 9.17) is 4.74 Å². The maximum absolute atomic E-state index is 5.76. The lowest BCUT2D eigenvalue weighted by Crippen LogP contribution is -2.41. The zero-order valence-electron chi connectivity index (χ0n) is 12.6. The Morgan fingerprint density at radius 2 is 1.67 bits per heavy atom. The lowest BCUT2D eigenvalue weighted by atomic mass is 9.99. The second-order valence-corrected chi connectivity index (χ2v) is 6.92. The Labute approximate surface area is 112 Å². The van der Waals surface area contributed by atoms with Gasteiger partial charge in [-0.05, 0) is 5.41 Å². The quantitative estimate of drug-likeness (QED) is 0.556.